The Morgan fingerprint density at radius 2 is 2.14 bits per heavy atom. The lowest BCUT2D eigenvalue weighted by Crippen LogP contribution is -2.28. The number of amides is 1. The summed E-state index contributed by atoms with van der Waals surface area (Å²) in [6, 6.07) is 8.09. The molecule has 4 heteroatoms. The lowest BCUT2D eigenvalue weighted by molar-refractivity contribution is 0.0519. The SMILES string of the molecule is O=C(NC[C@@H]1CC12CCOCC2)c1csc2ccccc12. The van der Waals surface area contributed by atoms with Gasteiger partial charge in [-0.05, 0) is 36.7 Å². The van der Waals surface area contributed by atoms with Crippen LogP contribution in [0.4, 0.5) is 0 Å². The Bertz CT molecular complexity index is 672. The molecule has 110 valence electrons. The molecule has 2 fully saturated rings. The molecule has 2 aliphatic rings. The first-order valence-corrected chi connectivity index (χ1v) is 8.49. The van der Waals surface area contributed by atoms with Crippen molar-refractivity contribution in [2.45, 2.75) is 19.3 Å². The van der Waals surface area contributed by atoms with Gasteiger partial charge in [0.1, 0.15) is 0 Å². The minimum absolute atomic E-state index is 0.0709. The maximum absolute atomic E-state index is 12.4. The van der Waals surface area contributed by atoms with Gasteiger partial charge in [0.2, 0.25) is 0 Å². The zero-order valence-corrected chi connectivity index (χ0v) is 12.7. The summed E-state index contributed by atoms with van der Waals surface area (Å²) in [5.41, 5.74) is 1.29. The third kappa shape index (κ3) is 2.36. The fourth-order valence-corrected chi connectivity index (χ4v) is 4.52. The fraction of sp³-hybridized carbons (Fsp3) is 0.471. The summed E-state index contributed by atoms with van der Waals surface area (Å²) in [4.78, 5) is 12.4. The Hall–Kier alpha value is -1.39. The van der Waals surface area contributed by atoms with E-state index in [-0.39, 0.29) is 5.91 Å². The summed E-state index contributed by atoms with van der Waals surface area (Å²) < 4.78 is 6.62. The third-order valence-corrected chi connectivity index (χ3v) is 6.05. The van der Waals surface area contributed by atoms with Crippen LogP contribution >= 0.6 is 11.3 Å². The van der Waals surface area contributed by atoms with E-state index in [4.69, 9.17) is 4.74 Å². The average Bonchev–Trinajstić information content (AvgIpc) is 2.99. The van der Waals surface area contributed by atoms with Crippen molar-refractivity contribution in [2.75, 3.05) is 19.8 Å². The van der Waals surface area contributed by atoms with Gasteiger partial charge in [0.05, 0.1) is 5.56 Å². The van der Waals surface area contributed by atoms with Gasteiger partial charge in [0.25, 0.3) is 5.91 Å². The predicted molar refractivity (Wildman–Crippen MR) is 84.8 cm³/mol. The van der Waals surface area contributed by atoms with Crippen LogP contribution in [0.1, 0.15) is 29.6 Å². The van der Waals surface area contributed by atoms with Crippen LogP contribution in [0.5, 0.6) is 0 Å². The molecule has 1 amide bonds. The number of hydrogen-bond donors (Lipinski definition) is 1. The summed E-state index contributed by atoms with van der Waals surface area (Å²) in [6.45, 7) is 2.59. The molecule has 1 spiro atoms. The van der Waals surface area contributed by atoms with Crippen LogP contribution in [-0.4, -0.2) is 25.7 Å². The van der Waals surface area contributed by atoms with Crippen LogP contribution in [-0.2, 0) is 4.74 Å². The molecule has 4 rings (SSSR count). The highest BCUT2D eigenvalue weighted by Gasteiger charge is 2.53. The van der Waals surface area contributed by atoms with Gasteiger partial charge in [-0.3, -0.25) is 4.79 Å². The highest BCUT2D eigenvalue weighted by Crippen LogP contribution is 2.58. The number of benzene rings is 1. The standard InChI is InChI=1S/C17H19NO2S/c19-16(14-11-21-15-4-2-1-3-13(14)15)18-10-12-9-17(12)5-7-20-8-6-17/h1-4,11-12H,5-10H2,(H,18,19)/t12-/m0/s1. The molecule has 1 saturated carbocycles. The molecule has 2 aromatic rings. The number of thiophene rings is 1. The van der Waals surface area contributed by atoms with Crippen LogP contribution < -0.4 is 5.32 Å². The lowest BCUT2D eigenvalue weighted by atomic mass is 9.94. The predicted octanol–water partition coefficient (Wildman–Crippen LogP) is 3.45. The summed E-state index contributed by atoms with van der Waals surface area (Å²) in [5.74, 6) is 0.719. The average molecular weight is 301 g/mol. The normalized spacial score (nSPS) is 23.3. The number of carbonyl (C=O) groups is 1. The van der Waals surface area contributed by atoms with Crippen molar-refractivity contribution < 1.29 is 9.53 Å². The number of rotatable bonds is 3. The number of fused-ring (bicyclic) bond motifs is 1. The Morgan fingerprint density at radius 1 is 1.33 bits per heavy atom. The van der Waals surface area contributed by atoms with Crippen molar-refractivity contribution in [3.05, 3.63) is 35.2 Å². The van der Waals surface area contributed by atoms with Gasteiger partial charge < -0.3 is 10.1 Å². The van der Waals surface area contributed by atoms with E-state index in [1.54, 1.807) is 11.3 Å². The molecule has 1 atom stereocenters. The first-order chi connectivity index (χ1) is 10.3. The van der Waals surface area contributed by atoms with E-state index in [2.05, 4.69) is 11.4 Å². The lowest BCUT2D eigenvalue weighted by Gasteiger charge is -2.22. The fourth-order valence-electron chi connectivity index (χ4n) is 3.58. The van der Waals surface area contributed by atoms with Crippen molar-refractivity contribution in [1.29, 1.82) is 0 Å². The largest absolute Gasteiger partial charge is 0.381 e. The number of hydrogen-bond acceptors (Lipinski definition) is 3. The molecule has 0 unspecified atom stereocenters. The van der Waals surface area contributed by atoms with Gasteiger partial charge in [-0.15, -0.1) is 11.3 Å². The van der Waals surface area contributed by atoms with Crippen molar-refractivity contribution in [3.8, 4) is 0 Å². The van der Waals surface area contributed by atoms with E-state index >= 15 is 0 Å². The highest BCUT2D eigenvalue weighted by molar-refractivity contribution is 7.17. The van der Waals surface area contributed by atoms with Crippen molar-refractivity contribution >= 4 is 27.3 Å². The van der Waals surface area contributed by atoms with Crippen LogP contribution in [0.25, 0.3) is 10.1 Å². The molecule has 1 aromatic carbocycles. The Morgan fingerprint density at radius 3 is 3.00 bits per heavy atom. The molecule has 1 aliphatic carbocycles. The maximum atomic E-state index is 12.4. The Labute approximate surface area is 128 Å². The molecule has 1 aliphatic heterocycles. The maximum Gasteiger partial charge on any atom is 0.252 e. The second kappa shape index (κ2) is 5.11. The summed E-state index contributed by atoms with van der Waals surface area (Å²) in [6.07, 6.45) is 3.57. The minimum atomic E-state index is 0.0709. The van der Waals surface area contributed by atoms with E-state index in [1.165, 1.54) is 11.1 Å². The Kier molecular flexibility index (Phi) is 3.23. The molecule has 2 heterocycles. The van der Waals surface area contributed by atoms with Gasteiger partial charge in [-0.1, -0.05) is 18.2 Å². The first-order valence-electron chi connectivity index (χ1n) is 7.61. The van der Waals surface area contributed by atoms with E-state index in [1.807, 2.05) is 23.6 Å². The molecule has 1 N–H and O–H groups in total. The van der Waals surface area contributed by atoms with Gasteiger partial charge in [0, 0.05) is 35.2 Å². The van der Waals surface area contributed by atoms with E-state index < -0.39 is 0 Å². The molecule has 0 bridgehead atoms. The zero-order valence-electron chi connectivity index (χ0n) is 11.9. The topological polar surface area (TPSA) is 38.3 Å². The molecule has 1 saturated heterocycles. The molecule has 21 heavy (non-hydrogen) atoms. The zero-order chi connectivity index (χ0) is 14.3. The van der Waals surface area contributed by atoms with E-state index in [0.717, 1.165) is 43.5 Å². The summed E-state index contributed by atoms with van der Waals surface area (Å²) in [7, 11) is 0. The van der Waals surface area contributed by atoms with E-state index in [9.17, 15) is 4.79 Å². The summed E-state index contributed by atoms with van der Waals surface area (Å²) in [5, 5.41) is 6.17. The number of nitrogens with one attached hydrogen (secondary N) is 1. The van der Waals surface area contributed by atoms with Crippen molar-refractivity contribution in [3.63, 3.8) is 0 Å². The smallest absolute Gasteiger partial charge is 0.252 e. The van der Waals surface area contributed by atoms with Gasteiger partial charge in [-0.2, -0.15) is 0 Å². The van der Waals surface area contributed by atoms with Crippen molar-refractivity contribution in [1.82, 2.24) is 5.32 Å². The van der Waals surface area contributed by atoms with Gasteiger partial charge in [0.15, 0.2) is 0 Å². The Balaban J connectivity index is 1.40. The first kappa shape index (κ1) is 13.3. The van der Waals surface area contributed by atoms with Crippen LogP contribution in [0.15, 0.2) is 29.6 Å². The molecule has 1 aromatic heterocycles. The highest BCUT2D eigenvalue weighted by atomic mass is 32.1. The monoisotopic (exact) mass is 301 g/mol. The minimum Gasteiger partial charge on any atom is -0.381 e. The quantitative estimate of drug-likeness (QED) is 0.943. The van der Waals surface area contributed by atoms with Gasteiger partial charge >= 0.3 is 0 Å². The molecular weight excluding hydrogens is 282 g/mol. The van der Waals surface area contributed by atoms with Crippen LogP contribution in [0.3, 0.4) is 0 Å². The van der Waals surface area contributed by atoms with Crippen molar-refractivity contribution in [2.24, 2.45) is 11.3 Å². The molecular formula is C17H19NO2S. The number of carbonyl (C=O) groups excluding carboxylic acids is 1. The third-order valence-electron chi connectivity index (χ3n) is 5.08. The number of ether oxygens (including phenoxy) is 1. The summed E-state index contributed by atoms with van der Waals surface area (Å²) >= 11 is 1.64. The second-order valence-electron chi connectivity index (χ2n) is 6.23. The van der Waals surface area contributed by atoms with Crippen LogP contribution in [0, 0.1) is 11.3 Å². The molecule has 3 nitrogen and oxygen atoms in total. The second-order valence-corrected chi connectivity index (χ2v) is 7.14. The van der Waals surface area contributed by atoms with Gasteiger partial charge in [-0.25, -0.2) is 0 Å². The van der Waals surface area contributed by atoms with Crippen LogP contribution in [0.2, 0.25) is 0 Å². The van der Waals surface area contributed by atoms with E-state index in [0.29, 0.717) is 11.3 Å². The molecule has 0 radical (unpaired) electrons.